The summed E-state index contributed by atoms with van der Waals surface area (Å²) < 4.78 is 0. The van der Waals surface area contributed by atoms with Gasteiger partial charge >= 0.3 is 0 Å². The number of nitrogens with zero attached hydrogens (tertiary/aromatic N) is 3. The van der Waals surface area contributed by atoms with Gasteiger partial charge in [-0.1, -0.05) is 38.1 Å². The van der Waals surface area contributed by atoms with Crippen LogP contribution in [-0.2, 0) is 6.54 Å². The Labute approximate surface area is 149 Å². The molecule has 0 bridgehead atoms. The fourth-order valence-electron chi connectivity index (χ4n) is 2.76. The van der Waals surface area contributed by atoms with Crippen LogP contribution in [0.3, 0.4) is 0 Å². The zero-order chi connectivity index (χ0) is 17.8. The first-order valence-electron chi connectivity index (χ1n) is 9.38. The Morgan fingerprint density at radius 1 is 1.08 bits per heavy atom. The first-order valence-corrected chi connectivity index (χ1v) is 9.38. The van der Waals surface area contributed by atoms with Gasteiger partial charge in [0.15, 0.2) is 5.96 Å². The van der Waals surface area contributed by atoms with E-state index >= 15 is 0 Å². The minimum Gasteiger partial charge on any atom is -0.357 e. The van der Waals surface area contributed by atoms with Crippen molar-refractivity contribution in [3.63, 3.8) is 0 Å². The van der Waals surface area contributed by atoms with Gasteiger partial charge in [-0.05, 0) is 57.5 Å². The molecule has 1 aromatic carbocycles. The zero-order valence-electron chi connectivity index (χ0n) is 16.3. The molecular weight excluding hydrogens is 296 g/mol. The lowest BCUT2D eigenvalue weighted by Crippen LogP contribution is -2.38. The van der Waals surface area contributed by atoms with E-state index in [0.29, 0.717) is 0 Å². The zero-order valence-corrected chi connectivity index (χ0v) is 16.3. The van der Waals surface area contributed by atoms with Crippen molar-refractivity contribution in [1.82, 2.24) is 15.1 Å². The van der Waals surface area contributed by atoms with Gasteiger partial charge in [0.2, 0.25) is 0 Å². The molecule has 0 unspecified atom stereocenters. The third kappa shape index (κ3) is 7.35. The van der Waals surface area contributed by atoms with Crippen molar-refractivity contribution in [2.75, 3.05) is 39.8 Å². The molecule has 4 heteroatoms. The average Bonchev–Trinajstić information content (AvgIpc) is 2.59. The third-order valence-corrected chi connectivity index (χ3v) is 4.40. The standard InChI is InChI=1S/C20H36N4/c1-6-21-20(22-15-11-12-16-24(7-2)8-3)23(5)17-19-14-10-9-13-18(19)4/h9-10,13-14H,6-8,11-12,15-17H2,1-5H3,(H,21,22). The van der Waals surface area contributed by atoms with E-state index < -0.39 is 0 Å². The van der Waals surface area contributed by atoms with E-state index in [1.807, 2.05) is 0 Å². The lowest BCUT2D eigenvalue weighted by atomic mass is 10.1. The van der Waals surface area contributed by atoms with E-state index in [2.05, 4.69) is 74.1 Å². The second-order valence-corrected chi connectivity index (χ2v) is 6.25. The molecule has 0 aliphatic carbocycles. The van der Waals surface area contributed by atoms with Crippen LogP contribution in [-0.4, -0.2) is 55.5 Å². The highest BCUT2D eigenvalue weighted by Crippen LogP contribution is 2.09. The Morgan fingerprint density at radius 3 is 2.42 bits per heavy atom. The summed E-state index contributed by atoms with van der Waals surface area (Å²) in [4.78, 5) is 9.49. The smallest absolute Gasteiger partial charge is 0.193 e. The summed E-state index contributed by atoms with van der Waals surface area (Å²) >= 11 is 0. The van der Waals surface area contributed by atoms with Crippen molar-refractivity contribution in [3.8, 4) is 0 Å². The predicted molar refractivity (Wildman–Crippen MR) is 106 cm³/mol. The minimum atomic E-state index is 0.887. The maximum atomic E-state index is 4.80. The maximum absolute atomic E-state index is 4.80. The Morgan fingerprint density at radius 2 is 1.79 bits per heavy atom. The highest BCUT2D eigenvalue weighted by Gasteiger charge is 2.07. The van der Waals surface area contributed by atoms with Crippen LogP contribution in [0.2, 0.25) is 0 Å². The van der Waals surface area contributed by atoms with Crippen LogP contribution < -0.4 is 5.32 Å². The SMILES string of the molecule is CCNC(=NCCCCN(CC)CC)N(C)Cc1ccccc1C. The largest absolute Gasteiger partial charge is 0.357 e. The van der Waals surface area contributed by atoms with Gasteiger partial charge in [0.05, 0.1) is 0 Å². The number of benzene rings is 1. The summed E-state index contributed by atoms with van der Waals surface area (Å²) in [7, 11) is 2.11. The van der Waals surface area contributed by atoms with Crippen molar-refractivity contribution in [2.45, 2.75) is 47.1 Å². The highest BCUT2D eigenvalue weighted by atomic mass is 15.3. The van der Waals surface area contributed by atoms with Gasteiger partial charge in [-0.25, -0.2) is 0 Å². The van der Waals surface area contributed by atoms with Crippen LogP contribution in [0.4, 0.5) is 0 Å². The molecule has 0 heterocycles. The summed E-state index contributed by atoms with van der Waals surface area (Å²) in [5, 5.41) is 3.41. The first kappa shape index (κ1) is 20.5. The first-order chi connectivity index (χ1) is 11.6. The Bertz CT molecular complexity index is 480. The quantitative estimate of drug-likeness (QED) is 0.404. The fraction of sp³-hybridized carbons (Fsp3) is 0.650. The third-order valence-electron chi connectivity index (χ3n) is 4.40. The van der Waals surface area contributed by atoms with Crippen molar-refractivity contribution < 1.29 is 0 Å². The summed E-state index contributed by atoms with van der Waals surface area (Å²) in [5.74, 6) is 1.00. The van der Waals surface area contributed by atoms with E-state index in [0.717, 1.165) is 45.1 Å². The highest BCUT2D eigenvalue weighted by molar-refractivity contribution is 5.79. The number of hydrogen-bond acceptors (Lipinski definition) is 2. The topological polar surface area (TPSA) is 30.9 Å². The van der Waals surface area contributed by atoms with Gasteiger partial charge in [-0.2, -0.15) is 0 Å². The molecule has 136 valence electrons. The normalized spacial score (nSPS) is 11.8. The van der Waals surface area contributed by atoms with Crippen LogP contribution in [0.1, 0.15) is 44.7 Å². The molecule has 0 radical (unpaired) electrons. The number of hydrogen-bond donors (Lipinski definition) is 1. The molecule has 0 spiro atoms. The summed E-state index contributed by atoms with van der Waals surface area (Å²) in [6.07, 6.45) is 2.36. The van der Waals surface area contributed by atoms with Gasteiger partial charge in [-0.15, -0.1) is 0 Å². The number of aliphatic imine (C=N–C) groups is 1. The van der Waals surface area contributed by atoms with Crippen LogP contribution in [0.25, 0.3) is 0 Å². The van der Waals surface area contributed by atoms with Crippen LogP contribution in [0.15, 0.2) is 29.3 Å². The molecule has 0 fully saturated rings. The molecule has 24 heavy (non-hydrogen) atoms. The van der Waals surface area contributed by atoms with Gasteiger partial charge < -0.3 is 15.1 Å². The Hall–Kier alpha value is -1.55. The number of guanidine groups is 1. The van der Waals surface area contributed by atoms with Crippen molar-refractivity contribution in [3.05, 3.63) is 35.4 Å². The Kier molecular flexibility index (Phi) is 10.2. The molecule has 1 N–H and O–H groups in total. The number of unbranched alkanes of at least 4 members (excludes halogenated alkanes) is 1. The van der Waals surface area contributed by atoms with Crippen LogP contribution in [0, 0.1) is 6.92 Å². The lowest BCUT2D eigenvalue weighted by molar-refractivity contribution is 0.297. The van der Waals surface area contributed by atoms with E-state index in [1.165, 1.54) is 24.1 Å². The second-order valence-electron chi connectivity index (χ2n) is 6.25. The Balaban J connectivity index is 2.50. The molecule has 4 nitrogen and oxygen atoms in total. The molecule has 0 aliphatic rings. The fourth-order valence-corrected chi connectivity index (χ4v) is 2.76. The van der Waals surface area contributed by atoms with Crippen molar-refractivity contribution >= 4 is 5.96 Å². The number of aryl methyl sites for hydroxylation is 1. The van der Waals surface area contributed by atoms with E-state index in [-0.39, 0.29) is 0 Å². The molecule has 0 saturated carbocycles. The predicted octanol–water partition coefficient (Wildman–Crippen LogP) is 3.51. The van der Waals surface area contributed by atoms with Gasteiger partial charge in [-0.3, -0.25) is 4.99 Å². The molecule has 1 aromatic rings. The van der Waals surface area contributed by atoms with E-state index in [4.69, 9.17) is 4.99 Å². The van der Waals surface area contributed by atoms with Crippen molar-refractivity contribution in [1.29, 1.82) is 0 Å². The summed E-state index contributed by atoms with van der Waals surface area (Å²) in [5.41, 5.74) is 2.69. The van der Waals surface area contributed by atoms with E-state index in [1.54, 1.807) is 0 Å². The molecule has 0 amide bonds. The van der Waals surface area contributed by atoms with Crippen LogP contribution >= 0.6 is 0 Å². The van der Waals surface area contributed by atoms with Gasteiger partial charge in [0.25, 0.3) is 0 Å². The second kappa shape index (κ2) is 11.9. The number of nitrogens with one attached hydrogen (secondary N) is 1. The molecule has 0 saturated heterocycles. The molecule has 0 aliphatic heterocycles. The number of rotatable bonds is 10. The molecular formula is C20H36N4. The van der Waals surface area contributed by atoms with Crippen molar-refractivity contribution in [2.24, 2.45) is 4.99 Å². The van der Waals surface area contributed by atoms with Crippen LogP contribution in [0.5, 0.6) is 0 Å². The lowest BCUT2D eigenvalue weighted by Gasteiger charge is -2.23. The molecule has 0 aromatic heterocycles. The van der Waals surface area contributed by atoms with E-state index in [9.17, 15) is 0 Å². The van der Waals surface area contributed by atoms with Gasteiger partial charge in [0.1, 0.15) is 0 Å². The van der Waals surface area contributed by atoms with Gasteiger partial charge in [0, 0.05) is 26.7 Å². The molecule has 0 atom stereocenters. The maximum Gasteiger partial charge on any atom is 0.193 e. The monoisotopic (exact) mass is 332 g/mol. The molecule has 1 rings (SSSR count). The average molecular weight is 333 g/mol. The minimum absolute atomic E-state index is 0.887. The summed E-state index contributed by atoms with van der Waals surface area (Å²) in [6.45, 7) is 14.9. The summed E-state index contributed by atoms with van der Waals surface area (Å²) in [6, 6.07) is 8.56.